The smallest absolute Gasteiger partial charge is 0.245 e. The lowest BCUT2D eigenvalue weighted by Crippen LogP contribution is -2.62. The van der Waals surface area contributed by atoms with Gasteiger partial charge in [0.05, 0.1) is 12.6 Å². The van der Waals surface area contributed by atoms with Crippen LogP contribution < -0.4 is 65.5 Å². The van der Waals surface area contributed by atoms with Gasteiger partial charge in [0.1, 0.15) is 59.8 Å². The zero-order chi connectivity index (χ0) is 58.8. The van der Waals surface area contributed by atoms with Crippen molar-refractivity contribution in [1.82, 2.24) is 42.5 Å². The number of benzene rings is 3. The Morgan fingerprint density at radius 2 is 0.911 bits per heavy atom. The Hall–Kier alpha value is -6.97. The lowest BCUT2D eigenvalue weighted by Gasteiger charge is -2.32. The van der Waals surface area contributed by atoms with Gasteiger partial charge < -0.3 is 80.8 Å². The van der Waals surface area contributed by atoms with Crippen molar-refractivity contribution in [1.29, 1.82) is 0 Å². The molecule has 434 valence electrons. The molecule has 0 aliphatic carbocycles. The third-order valence-electron chi connectivity index (χ3n) is 12.5. The van der Waals surface area contributed by atoms with Gasteiger partial charge in [-0.1, -0.05) is 54.6 Å². The lowest BCUT2D eigenvalue weighted by atomic mass is 9.98. The Morgan fingerprint density at radius 3 is 1.41 bits per heavy atom. The molecule has 19 N–H and O–H groups in total. The molecule has 9 atom stereocenters. The Labute approximate surface area is 470 Å². The molecular weight excluding hydrogens is 1060 g/mol. The normalized spacial score (nSPS) is 14.7. The Bertz CT molecular complexity index is 2490. The summed E-state index contributed by atoms with van der Waals surface area (Å²) in [6.45, 7) is 4.07. The number of carbonyl (C=O) groups is 9. The number of rotatable bonds is 34. The zero-order valence-corrected chi connectivity index (χ0v) is 46.4. The summed E-state index contributed by atoms with van der Waals surface area (Å²) in [6.07, 6.45) is 2.08. The Balaban J connectivity index is 1.79. The molecule has 0 aromatic heterocycles. The molecule has 3 rings (SSSR count). The predicted molar refractivity (Wildman–Crippen MR) is 302 cm³/mol. The highest BCUT2D eigenvalue weighted by Gasteiger charge is 2.38. The van der Waals surface area contributed by atoms with Crippen LogP contribution in [0.1, 0.15) is 76.0 Å². The number of aliphatic hydroxyl groups excluding tert-OH is 1. The molecule has 0 saturated carbocycles. The predicted octanol–water partition coefficient (Wildman–Crippen LogP) is -2.27. The summed E-state index contributed by atoms with van der Waals surface area (Å²) in [5.74, 6) is -7.95. The third kappa shape index (κ3) is 23.1. The van der Waals surface area contributed by atoms with Crippen LogP contribution in [0.4, 0.5) is 0 Å². The maximum atomic E-state index is 14.1. The molecule has 3 aromatic rings. The second kappa shape index (κ2) is 33.5. The number of hydrogen-bond acceptors (Lipinski definition) is 17. The van der Waals surface area contributed by atoms with Crippen LogP contribution in [0.5, 0.6) is 11.5 Å². The summed E-state index contributed by atoms with van der Waals surface area (Å²) in [6, 6.07) is 8.17. The van der Waals surface area contributed by atoms with Crippen LogP contribution in [-0.4, -0.2) is 153 Å². The molecule has 79 heavy (non-hydrogen) atoms. The summed E-state index contributed by atoms with van der Waals surface area (Å²) in [4.78, 5) is 123. The molecule has 0 aliphatic rings. The van der Waals surface area contributed by atoms with E-state index in [1.165, 1.54) is 43.3 Å². The highest BCUT2D eigenvalue weighted by molar-refractivity contribution is 7.81. The van der Waals surface area contributed by atoms with E-state index in [9.17, 15) is 58.5 Å². The summed E-state index contributed by atoms with van der Waals surface area (Å²) in [7, 11) is 0. The first kappa shape index (κ1) is 66.3. The monoisotopic (exact) mass is 1140 g/mol. The average molecular weight is 1140 g/mol. The van der Waals surface area contributed by atoms with Gasteiger partial charge in [-0.05, 0) is 120 Å². The van der Waals surface area contributed by atoms with Crippen LogP contribution in [-0.2, 0) is 62.4 Å². The van der Waals surface area contributed by atoms with Gasteiger partial charge in [-0.15, -0.1) is 0 Å². The van der Waals surface area contributed by atoms with Gasteiger partial charge in [-0.25, -0.2) is 0 Å². The van der Waals surface area contributed by atoms with Crippen LogP contribution in [0.25, 0.3) is 0 Å². The first-order valence-corrected chi connectivity index (χ1v) is 26.9. The second-order valence-corrected chi connectivity index (χ2v) is 21.1. The van der Waals surface area contributed by atoms with Crippen molar-refractivity contribution in [2.75, 3.05) is 25.4 Å². The van der Waals surface area contributed by atoms with Crippen molar-refractivity contribution in [2.45, 2.75) is 138 Å². The van der Waals surface area contributed by atoms with Crippen LogP contribution in [0, 0.1) is 0 Å². The number of aromatic hydroxyl groups is 2. The number of amides is 9. The van der Waals surface area contributed by atoms with Gasteiger partial charge in [-0.3, -0.25) is 43.2 Å². The van der Waals surface area contributed by atoms with Gasteiger partial charge in [0, 0.05) is 23.3 Å². The number of phenols is 2. The number of nitrogens with two attached hydrogens (primary N) is 4. The number of nitrogens with one attached hydrogen (secondary N) is 8. The Morgan fingerprint density at radius 1 is 0.506 bits per heavy atom. The molecule has 3 aromatic carbocycles. The highest BCUT2D eigenvalue weighted by atomic mass is 32.1. The summed E-state index contributed by atoms with van der Waals surface area (Å²) in [5.41, 5.74) is 24.7. The molecule has 0 aliphatic heterocycles. The number of carbonyl (C=O) groups excluding carboxylic acids is 9. The minimum absolute atomic E-state index is 0.0199. The molecule has 0 spiro atoms. The second-order valence-electron chi connectivity index (χ2n) is 19.6. The van der Waals surface area contributed by atoms with Crippen LogP contribution in [0.3, 0.4) is 0 Å². The van der Waals surface area contributed by atoms with Gasteiger partial charge >= 0.3 is 0 Å². The largest absolute Gasteiger partial charge is 0.508 e. The quantitative estimate of drug-likeness (QED) is 0.0221. The Kier molecular flexibility index (Phi) is 28.1. The average Bonchev–Trinajstić information content (AvgIpc) is 3.41. The van der Waals surface area contributed by atoms with Crippen molar-refractivity contribution in [3.05, 3.63) is 95.6 Å². The fourth-order valence-corrected chi connectivity index (χ4v) is 8.31. The van der Waals surface area contributed by atoms with E-state index in [0.717, 1.165) is 0 Å². The molecule has 26 heteroatoms. The molecular formula is C53H78N12O12S2. The maximum Gasteiger partial charge on any atom is 0.245 e. The van der Waals surface area contributed by atoms with Crippen LogP contribution in [0.15, 0.2) is 78.9 Å². The zero-order valence-electron chi connectivity index (χ0n) is 44.6. The minimum Gasteiger partial charge on any atom is -0.508 e. The third-order valence-corrected chi connectivity index (χ3v) is 13.1. The van der Waals surface area contributed by atoms with E-state index in [1.807, 2.05) is 0 Å². The number of unbranched alkanes of at least 4 members (excludes halogenated alkanes) is 2. The van der Waals surface area contributed by atoms with Crippen molar-refractivity contribution in [3.63, 3.8) is 0 Å². The number of thiol groups is 2. The van der Waals surface area contributed by atoms with E-state index < -0.39 is 119 Å². The fraction of sp³-hybridized carbons (Fsp3) is 0.491. The van der Waals surface area contributed by atoms with Crippen LogP contribution >= 0.6 is 25.3 Å². The number of phenolic OH excluding ortho intramolecular Hbond substituents is 2. The van der Waals surface area contributed by atoms with E-state index in [1.54, 1.807) is 56.3 Å². The van der Waals surface area contributed by atoms with Gasteiger partial charge in [0.25, 0.3) is 0 Å². The number of aliphatic hydroxyl groups is 1. The number of primary amides is 1. The molecule has 0 saturated heterocycles. The topological polar surface area (TPSA) is 415 Å². The molecule has 24 nitrogen and oxygen atoms in total. The van der Waals surface area contributed by atoms with Gasteiger partial charge in [0.15, 0.2) is 0 Å². The maximum absolute atomic E-state index is 14.1. The summed E-state index contributed by atoms with van der Waals surface area (Å²) in [5, 5.41) is 50.4. The molecule has 0 fully saturated rings. The van der Waals surface area contributed by atoms with Crippen molar-refractivity contribution in [3.8, 4) is 11.5 Å². The fourth-order valence-electron chi connectivity index (χ4n) is 7.88. The highest BCUT2D eigenvalue weighted by Crippen LogP contribution is 2.20. The van der Waals surface area contributed by atoms with Gasteiger partial charge in [0.2, 0.25) is 53.2 Å². The summed E-state index contributed by atoms with van der Waals surface area (Å²) >= 11 is 8.83. The van der Waals surface area contributed by atoms with E-state index in [0.29, 0.717) is 55.5 Å². The van der Waals surface area contributed by atoms with E-state index in [-0.39, 0.29) is 49.4 Å². The molecule has 0 bridgehead atoms. The molecule has 9 amide bonds. The van der Waals surface area contributed by atoms with Gasteiger partial charge in [-0.2, -0.15) is 25.3 Å². The number of hydrogen-bond donors (Lipinski definition) is 17. The minimum atomic E-state index is -1.70. The van der Waals surface area contributed by atoms with E-state index in [2.05, 4.69) is 67.8 Å². The van der Waals surface area contributed by atoms with Crippen molar-refractivity contribution in [2.24, 2.45) is 22.9 Å². The van der Waals surface area contributed by atoms with Crippen molar-refractivity contribution < 1.29 is 58.5 Å². The molecule has 0 radical (unpaired) electrons. The first-order valence-electron chi connectivity index (χ1n) is 25.8. The lowest BCUT2D eigenvalue weighted by molar-refractivity contribution is -0.136. The van der Waals surface area contributed by atoms with E-state index >= 15 is 0 Å². The standard InChI is InChI=1S/C53H78N12O12S2/c1-30(58-48(73)39(27-33-17-21-35(68)22-18-33)62-52(77)43(53(2,3)79)65-46(71)36(56)25-32-15-19-34(67)20-16-32)45(70)63-41(28-66)50(75)61-40(26-31-11-5-4-6-12-31)49(74)64-42(29-78)51(76)60-38(14-8-10-24-55)47(72)59-37(44(57)69)13-7-9-23-54/h4-6,11-12,15-22,30,36-43,66-68,78-79H,7-10,13-14,23-29,54-56H2,1-3H3,(H2,57,69)(H,58,73)(H,59,72)(H,60,76)(H,61,75)(H,62,77)(H,63,70)(H,64,74)(H,65,71)/t30-,36+,37+,38+,39+,40+,41+,42+,43-/m1/s1. The molecule has 0 heterocycles. The SMILES string of the molecule is C[C@@H](NC(=O)[C@H](Cc1ccc(O)cc1)NC(=O)[C@@H](NC(=O)[C@@H](N)Cc1ccc(O)cc1)C(C)(C)S)C(=O)N[C@@H](CO)C(=O)N[C@@H](Cc1ccccc1)C(=O)N[C@@H](CS)C(=O)N[C@@H](CCCCN)C(=O)N[C@@H](CCCCN)C(N)=O. The summed E-state index contributed by atoms with van der Waals surface area (Å²) < 4.78 is -1.23. The van der Waals surface area contributed by atoms with Crippen molar-refractivity contribution >= 4 is 78.4 Å². The van der Waals surface area contributed by atoms with Crippen LogP contribution in [0.2, 0.25) is 0 Å². The molecule has 0 unspecified atom stereocenters. The van der Waals surface area contributed by atoms with E-state index in [4.69, 9.17) is 22.9 Å². The first-order chi connectivity index (χ1) is 37.4.